The Hall–Kier alpha value is -1.83. The molecule has 1 heterocycles. The molecule has 0 aliphatic heterocycles. The number of rotatable bonds is 4. The van der Waals surface area contributed by atoms with Crippen LogP contribution in [-0.2, 0) is 6.42 Å². The summed E-state index contributed by atoms with van der Waals surface area (Å²) in [7, 11) is 0. The van der Waals surface area contributed by atoms with Crippen molar-refractivity contribution >= 4 is 0 Å². The van der Waals surface area contributed by atoms with Crippen molar-refractivity contribution in [2.75, 3.05) is 6.61 Å². The Kier molecular flexibility index (Phi) is 3.76. The number of pyridine rings is 1. The summed E-state index contributed by atoms with van der Waals surface area (Å²) < 4.78 is 5.78. The van der Waals surface area contributed by atoms with Crippen LogP contribution in [0, 0.1) is 13.8 Å². The summed E-state index contributed by atoms with van der Waals surface area (Å²) in [5.74, 6) is 0.973. The van der Waals surface area contributed by atoms with Gasteiger partial charge in [-0.25, -0.2) is 0 Å². The van der Waals surface area contributed by atoms with E-state index in [4.69, 9.17) is 4.74 Å². The highest BCUT2D eigenvalue weighted by Crippen LogP contribution is 2.19. The first-order valence-corrected chi connectivity index (χ1v) is 5.85. The fraction of sp³-hybridized carbons (Fsp3) is 0.267. The van der Waals surface area contributed by atoms with Gasteiger partial charge in [0.2, 0.25) is 0 Å². The molecule has 0 aliphatic rings. The number of aryl methyl sites for hydroxylation is 2. The maximum absolute atomic E-state index is 5.78. The second kappa shape index (κ2) is 5.48. The second-order valence-electron chi connectivity index (χ2n) is 4.19. The highest BCUT2D eigenvalue weighted by Gasteiger charge is 2.00. The number of ether oxygens (including phenoxy) is 1. The van der Waals surface area contributed by atoms with E-state index in [1.807, 2.05) is 24.4 Å². The first-order chi connectivity index (χ1) is 8.25. The normalized spacial score (nSPS) is 10.2. The minimum Gasteiger partial charge on any atom is -0.493 e. The fourth-order valence-corrected chi connectivity index (χ4v) is 1.67. The predicted octanol–water partition coefficient (Wildman–Crippen LogP) is 3.32. The van der Waals surface area contributed by atoms with Gasteiger partial charge >= 0.3 is 0 Å². The molecule has 17 heavy (non-hydrogen) atoms. The summed E-state index contributed by atoms with van der Waals surface area (Å²) in [6.07, 6.45) is 2.65. The molecule has 0 fully saturated rings. The van der Waals surface area contributed by atoms with Crippen molar-refractivity contribution in [2.24, 2.45) is 0 Å². The number of hydrogen-bond acceptors (Lipinski definition) is 2. The molecule has 0 radical (unpaired) electrons. The third kappa shape index (κ3) is 3.31. The third-order valence-corrected chi connectivity index (χ3v) is 2.69. The lowest BCUT2D eigenvalue weighted by atomic mass is 10.1. The van der Waals surface area contributed by atoms with Gasteiger partial charge in [-0.1, -0.05) is 18.2 Å². The van der Waals surface area contributed by atoms with E-state index in [0.717, 1.165) is 17.9 Å². The molecule has 0 unspecified atom stereocenters. The van der Waals surface area contributed by atoms with Crippen molar-refractivity contribution in [2.45, 2.75) is 20.3 Å². The maximum atomic E-state index is 5.78. The van der Waals surface area contributed by atoms with E-state index in [1.165, 1.54) is 11.1 Å². The lowest BCUT2D eigenvalue weighted by Crippen LogP contribution is -2.03. The predicted molar refractivity (Wildman–Crippen MR) is 69.4 cm³/mol. The van der Waals surface area contributed by atoms with E-state index < -0.39 is 0 Å². The standard InChI is InChI=1S/C15H17NO/c1-12-6-7-13(2)15(11-12)17-10-8-14-5-3-4-9-16-14/h3-7,9,11H,8,10H2,1-2H3. The lowest BCUT2D eigenvalue weighted by molar-refractivity contribution is 0.318. The molecule has 0 bridgehead atoms. The largest absolute Gasteiger partial charge is 0.493 e. The number of aromatic nitrogens is 1. The lowest BCUT2D eigenvalue weighted by Gasteiger charge is -2.09. The molecular formula is C15H17NO. The Labute approximate surface area is 102 Å². The van der Waals surface area contributed by atoms with Gasteiger partial charge in [0.15, 0.2) is 0 Å². The fourth-order valence-electron chi connectivity index (χ4n) is 1.67. The van der Waals surface area contributed by atoms with Crippen molar-refractivity contribution < 1.29 is 4.74 Å². The molecule has 0 amide bonds. The summed E-state index contributed by atoms with van der Waals surface area (Å²) in [6, 6.07) is 12.2. The number of hydrogen-bond donors (Lipinski definition) is 0. The summed E-state index contributed by atoms with van der Waals surface area (Å²) in [4.78, 5) is 4.27. The molecule has 88 valence electrons. The average Bonchev–Trinajstić information content (AvgIpc) is 2.35. The monoisotopic (exact) mass is 227 g/mol. The van der Waals surface area contributed by atoms with Gasteiger partial charge < -0.3 is 4.74 Å². The molecule has 0 saturated heterocycles. The van der Waals surface area contributed by atoms with Crippen LogP contribution in [0.1, 0.15) is 16.8 Å². The number of nitrogens with zero attached hydrogens (tertiary/aromatic N) is 1. The molecule has 0 aliphatic carbocycles. The van der Waals surface area contributed by atoms with E-state index in [2.05, 4.69) is 37.0 Å². The van der Waals surface area contributed by atoms with Gasteiger partial charge in [0.05, 0.1) is 6.61 Å². The Morgan fingerprint density at radius 2 is 2.00 bits per heavy atom. The van der Waals surface area contributed by atoms with Crippen LogP contribution >= 0.6 is 0 Å². The van der Waals surface area contributed by atoms with E-state index in [0.29, 0.717) is 6.61 Å². The van der Waals surface area contributed by atoms with Crippen molar-refractivity contribution in [3.63, 3.8) is 0 Å². The van der Waals surface area contributed by atoms with Crippen LogP contribution in [0.15, 0.2) is 42.6 Å². The van der Waals surface area contributed by atoms with Crippen LogP contribution in [0.5, 0.6) is 5.75 Å². The van der Waals surface area contributed by atoms with E-state index in [-0.39, 0.29) is 0 Å². The molecule has 2 heteroatoms. The molecule has 0 saturated carbocycles. The highest BCUT2D eigenvalue weighted by atomic mass is 16.5. The quantitative estimate of drug-likeness (QED) is 0.799. The van der Waals surface area contributed by atoms with Gasteiger partial charge in [-0.3, -0.25) is 4.98 Å². The smallest absolute Gasteiger partial charge is 0.122 e. The van der Waals surface area contributed by atoms with Crippen molar-refractivity contribution in [1.82, 2.24) is 4.98 Å². The van der Waals surface area contributed by atoms with E-state index in [9.17, 15) is 0 Å². The maximum Gasteiger partial charge on any atom is 0.122 e. The van der Waals surface area contributed by atoms with Crippen molar-refractivity contribution in [1.29, 1.82) is 0 Å². The van der Waals surface area contributed by atoms with Crippen LogP contribution < -0.4 is 4.74 Å². The van der Waals surface area contributed by atoms with Gasteiger partial charge in [-0.2, -0.15) is 0 Å². The number of benzene rings is 1. The van der Waals surface area contributed by atoms with Crippen molar-refractivity contribution in [3.05, 3.63) is 59.4 Å². The van der Waals surface area contributed by atoms with Gasteiger partial charge in [-0.05, 0) is 43.2 Å². The molecule has 0 N–H and O–H groups in total. The zero-order valence-corrected chi connectivity index (χ0v) is 10.3. The van der Waals surface area contributed by atoms with Gasteiger partial charge in [0, 0.05) is 18.3 Å². The van der Waals surface area contributed by atoms with E-state index in [1.54, 1.807) is 0 Å². The molecule has 1 aromatic heterocycles. The van der Waals surface area contributed by atoms with Crippen LogP contribution in [-0.4, -0.2) is 11.6 Å². The summed E-state index contributed by atoms with van der Waals surface area (Å²) in [5.41, 5.74) is 3.47. The zero-order valence-electron chi connectivity index (χ0n) is 10.3. The Balaban J connectivity index is 1.92. The summed E-state index contributed by atoms with van der Waals surface area (Å²) >= 11 is 0. The van der Waals surface area contributed by atoms with Crippen molar-refractivity contribution in [3.8, 4) is 5.75 Å². The van der Waals surface area contributed by atoms with Crippen LogP contribution in [0.25, 0.3) is 0 Å². The average molecular weight is 227 g/mol. The Morgan fingerprint density at radius 3 is 2.76 bits per heavy atom. The highest BCUT2D eigenvalue weighted by molar-refractivity contribution is 5.35. The minimum atomic E-state index is 0.668. The first-order valence-electron chi connectivity index (χ1n) is 5.85. The Bertz CT molecular complexity index is 480. The topological polar surface area (TPSA) is 22.1 Å². The molecule has 2 rings (SSSR count). The van der Waals surface area contributed by atoms with Gasteiger partial charge in [0.1, 0.15) is 5.75 Å². The van der Waals surface area contributed by atoms with Gasteiger partial charge in [-0.15, -0.1) is 0 Å². The SMILES string of the molecule is Cc1ccc(C)c(OCCc2ccccn2)c1. The van der Waals surface area contributed by atoms with Crippen LogP contribution in [0.2, 0.25) is 0 Å². The zero-order chi connectivity index (χ0) is 12.1. The molecule has 1 aromatic carbocycles. The minimum absolute atomic E-state index is 0.668. The molecular weight excluding hydrogens is 210 g/mol. The molecule has 0 atom stereocenters. The summed E-state index contributed by atoms with van der Waals surface area (Å²) in [6.45, 7) is 4.81. The Morgan fingerprint density at radius 1 is 1.12 bits per heavy atom. The van der Waals surface area contributed by atoms with Gasteiger partial charge in [0.25, 0.3) is 0 Å². The third-order valence-electron chi connectivity index (χ3n) is 2.69. The van der Waals surface area contributed by atoms with E-state index >= 15 is 0 Å². The van der Waals surface area contributed by atoms with Crippen LogP contribution in [0.4, 0.5) is 0 Å². The molecule has 2 nitrogen and oxygen atoms in total. The molecule has 0 spiro atoms. The second-order valence-corrected chi connectivity index (χ2v) is 4.19. The molecule has 2 aromatic rings. The first kappa shape index (κ1) is 11.6. The summed E-state index contributed by atoms with van der Waals surface area (Å²) in [5, 5.41) is 0. The van der Waals surface area contributed by atoms with Crippen LogP contribution in [0.3, 0.4) is 0 Å².